The van der Waals surface area contributed by atoms with Crippen molar-refractivity contribution in [1.29, 1.82) is 0 Å². The van der Waals surface area contributed by atoms with Crippen LogP contribution in [0.5, 0.6) is 0 Å². The quantitative estimate of drug-likeness (QED) is 0.270. The van der Waals surface area contributed by atoms with E-state index in [1.807, 2.05) is 0 Å². The first-order valence-electron chi connectivity index (χ1n) is 7.73. The first-order chi connectivity index (χ1) is 8.41. The van der Waals surface area contributed by atoms with Crippen molar-refractivity contribution < 1.29 is 0 Å². The van der Waals surface area contributed by atoms with Gasteiger partial charge in [-0.25, -0.2) is 0 Å². The van der Waals surface area contributed by atoms with Gasteiger partial charge in [0.05, 0.1) is 0 Å². The first kappa shape index (κ1) is 16.5. The van der Waals surface area contributed by atoms with E-state index in [0.717, 1.165) is 0 Å². The molecule has 0 heteroatoms. The lowest BCUT2D eigenvalue weighted by molar-refractivity contribution is 0.611. The summed E-state index contributed by atoms with van der Waals surface area (Å²) in [7, 11) is 0. The van der Waals surface area contributed by atoms with Crippen LogP contribution in [-0.4, -0.2) is 0 Å². The van der Waals surface area contributed by atoms with Crippen molar-refractivity contribution in [1.82, 2.24) is 0 Å². The van der Waals surface area contributed by atoms with Crippen molar-refractivity contribution >= 4 is 0 Å². The van der Waals surface area contributed by atoms with Crippen molar-refractivity contribution in [2.75, 3.05) is 0 Å². The predicted octanol–water partition coefficient (Wildman–Crippen LogP) is 6.43. The number of hydrogen-bond donors (Lipinski definition) is 0. The van der Waals surface area contributed by atoms with Gasteiger partial charge in [0.2, 0.25) is 0 Å². The molecule has 0 heterocycles. The Kier molecular flexibility index (Phi) is 15.0. The van der Waals surface area contributed by atoms with Crippen LogP contribution in [0.15, 0.2) is 24.3 Å². The maximum absolute atomic E-state index is 2.32. The first-order valence-corrected chi connectivity index (χ1v) is 7.73. The summed E-state index contributed by atoms with van der Waals surface area (Å²) in [6.45, 7) is 4.53. The fourth-order valence-corrected chi connectivity index (χ4v) is 1.90. The highest BCUT2D eigenvalue weighted by atomic mass is 13.9. The molecule has 0 amide bonds. The third kappa shape index (κ3) is 15.5. The summed E-state index contributed by atoms with van der Waals surface area (Å²) in [5, 5.41) is 0. The van der Waals surface area contributed by atoms with Gasteiger partial charge in [0.25, 0.3) is 0 Å². The fourth-order valence-electron chi connectivity index (χ4n) is 1.90. The molecule has 0 aliphatic heterocycles. The lowest BCUT2D eigenvalue weighted by atomic mass is 10.1. The molecular formula is C17H32. The Balaban J connectivity index is 3.13. The van der Waals surface area contributed by atoms with E-state index in [1.165, 1.54) is 70.6 Å². The van der Waals surface area contributed by atoms with Gasteiger partial charge in [-0.2, -0.15) is 0 Å². The Bertz CT molecular complexity index is 176. The Morgan fingerprint density at radius 2 is 0.941 bits per heavy atom. The summed E-state index contributed by atoms with van der Waals surface area (Å²) in [5.74, 6) is 0. The summed E-state index contributed by atoms with van der Waals surface area (Å²) in [6.07, 6.45) is 24.0. The van der Waals surface area contributed by atoms with Gasteiger partial charge in [-0.05, 0) is 25.7 Å². The maximum Gasteiger partial charge on any atom is -0.0348 e. The number of rotatable bonds is 12. The Morgan fingerprint density at radius 3 is 1.53 bits per heavy atom. The van der Waals surface area contributed by atoms with E-state index < -0.39 is 0 Å². The minimum absolute atomic E-state index is 1.25. The molecule has 100 valence electrons. The van der Waals surface area contributed by atoms with Gasteiger partial charge in [-0.1, -0.05) is 83.1 Å². The molecule has 0 nitrogen and oxygen atoms in total. The van der Waals surface area contributed by atoms with Crippen LogP contribution < -0.4 is 0 Å². The van der Waals surface area contributed by atoms with Gasteiger partial charge in [0.15, 0.2) is 0 Å². The Morgan fingerprint density at radius 1 is 0.529 bits per heavy atom. The van der Waals surface area contributed by atoms with Crippen molar-refractivity contribution in [2.24, 2.45) is 0 Å². The largest absolute Gasteiger partial charge is 0.0845 e. The van der Waals surface area contributed by atoms with Crippen LogP contribution in [0, 0.1) is 0 Å². The molecule has 0 aliphatic rings. The second-order valence-electron chi connectivity index (χ2n) is 4.91. The fraction of sp³-hybridized carbons (Fsp3) is 0.765. The molecule has 0 N–H and O–H groups in total. The van der Waals surface area contributed by atoms with Gasteiger partial charge < -0.3 is 0 Å². The van der Waals surface area contributed by atoms with Gasteiger partial charge >= 0.3 is 0 Å². The van der Waals surface area contributed by atoms with E-state index >= 15 is 0 Å². The summed E-state index contributed by atoms with van der Waals surface area (Å²) in [5.41, 5.74) is 0. The van der Waals surface area contributed by atoms with Crippen LogP contribution in [0.2, 0.25) is 0 Å². The van der Waals surface area contributed by atoms with Crippen molar-refractivity contribution in [3.8, 4) is 0 Å². The van der Waals surface area contributed by atoms with Crippen LogP contribution >= 0.6 is 0 Å². The topological polar surface area (TPSA) is 0 Å². The smallest absolute Gasteiger partial charge is 0.0348 e. The minimum Gasteiger partial charge on any atom is -0.0845 e. The highest BCUT2D eigenvalue weighted by Crippen LogP contribution is 2.07. The molecule has 0 unspecified atom stereocenters. The van der Waals surface area contributed by atoms with E-state index in [0.29, 0.717) is 0 Å². The molecule has 0 saturated heterocycles. The molecule has 0 spiro atoms. The molecule has 0 rings (SSSR count). The van der Waals surface area contributed by atoms with Gasteiger partial charge in [0.1, 0.15) is 0 Å². The van der Waals surface area contributed by atoms with Crippen LogP contribution in [-0.2, 0) is 0 Å². The summed E-state index contributed by atoms with van der Waals surface area (Å²) < 4.78 is 0. The minimum atomic E-state index is 1.25. The van der Waals surface area contributed by atoms with E-state index in [4.69, 9.17) is 0 Å². The van der Waals surface area contributed by atoms with E-state index in [2.05, 4.69) is 38.2 Å². The molecule has 0 radical (unpaired) electrons. The third-order valence-corrected chi connectivity index (χ3v) is 3.08. The average molecular weight is 236 g/mol. The number of hydrogen-bond acceptors (Lipinski definition) is 0. The molecule has 0 fully saturated rings. The van der Waals surface area contributed by atoms with E-state index in [-0.39, 0.29) is 0 Å². The van der Waals surface area contributed by atoms with Crippen molar-refractivity contribution in [2.45, 2.75) is 84.5 Å². The van der Waals surface area contributed by atoms with Gasteiger partial charge in [-0.3, -0.25) is 0 Å². The van der Waals surface area contributed by atoms with Crippen LogP contribution in [0.1, 0.15) is 84.5 Å². The summed E-state index contributed by atoms with van der Waals surface area (Å²) in [4.78, 5) is 0. The molecule has 0 aliphatic carbocycles. The summed E-state index contributed by atoms with van der Waals surface area (Å²) in [6, 6.07) is 0. The second-order valence-corrected chi connectivity index (χ2v) is 4.91. The number of unbranched alkanes of at least 4 members (excludes halogenated alkanes) is 9. The normalized spacial score (nSPS) is 11.9. The molecule has 0 saturated carbocycles. The van der Waals surface area contributed by atoms with Crippen LogP contribution in [0.25, 0.3) is 0 Å². The molecule has 17 heavy (non-hydrogen) atoms. The zero-order valence-corrected chi connectivity index (χ0v) is 12.1. The zero-order chi connectivity index (χ0) is 12.6. The lowest BCUT2D eigenvalue weighted by Crippen LogP contribution is -1.77. The molecule has 0 atom stereocenters. The highest BCUT2D eigenvalue weighted by Gasteiger charge is 1.87. The lowest BCUT2D eigenvalue weighted by Gasteiger charge is -1.97. The van der Waals surface area contributed by atoms with Gasteiger partial charge in [-0.15, -0.1) is 0 Å². The standard InChI is InChI=1S/C17H32/c1-3-5-7-9-11-13-15-17-16-14-12-10-8-6-4-2/h11,13,15,17H,3-10,12,14,16H2,1-2H3. The van der Waals surface area contributed by atoms with Crippen LogP contribution in [0.3, 0.4) is 0 Å². The SMILES string of the molecule is CCCCCC=CC=CCCCCCCCC. The summed E-state index contributed by atoms with van der Waals surface area (Å²) >= 11 is 0. The van der Waals surface area contributed by atoms with Gasteiger partial charge in [0, 0.05) is 0 Å². The van der Waals surface area contributed by atoms with Crippen LogP contribution in [0.4, 0.5) is 0 Å². The van der Waals surface area contributed by atoms with E-state index in [9.17, 15) is 0 Å². The average Bonchev–Trinajstić information content (AvgIpc) is 2.35. The Labute approximate surface area is 109 Å². The predicted molar refractivity (Wildman–Crippen MR) is 80.4 cm³/mol. The highest BCUT2D eigenvalue weighted by molar-refractivity contribution is 5.02. The molecular weight excluding hydrogens is 204 g/mol. The molecule has 0 aromatic heterocycles. The van der Waals surface area contributed by atoms with Crippen molar-refractivity contribution in [3.63, 3.8) is 0 Å². The third-order valence-electron chi connectivity index (χ3n) is 3.08. The number of allylic oxidation sites excluding steroid dienone is 4. The molecule has 0 aromatic rings. The van der Waals surface area contributed by atoms with Crippen molar-refractivity contribution in [3.05, 3.63) is 24.3 Å². The van der Waals surface area contributed by atoms with E-state index in [1.54, 1.807) is 0 Å². The second kappa shape index (κ2) is 15.5. The maximum atomic E-state index is 2.32. The monoisotopic (exact) mass is 236 g/mol. The molecule has 0 aromatic carbocycles. The Hall–Kier alpha value is -0.520. The molecule has 0 bridgehead atoms. The zero-order valence-electron chi connectivity index (χ0n) is 12.1.